The number of hydrogen-bond acceptors (Lipinski definition) is 3. The number of fused-ring (bicyclic) bond motifs is 1. The van der Waals surface area contributed by atoms with Gasteiger partial charge in [-0.15, -0.1) is 5.10 Å². The number of nitrogens with zero attached hydrogens (tertiary/aromatic N) is 3. The topological polar surface area (TPSA) is 56.7 Å². The molecule has 0 aliphatic rings. The van der Waals surface area contributed by atoms with Gasteiger partial charge in [-0.3, -0.25) is 0 Å². The maximum absolute atomic E-state index is 5.83. The minimum atomic E-state index is -0.0389. The SMILES string of the molecule is CC(C)(C)c1c(CN)nnn1Cc1cccc2ccccc12. The summed E-state index contributed by atoms with van der Waals surface area (Å²) in [6.07, 6.45) is 0. The summed E-state index contributed by atoms with van der Waals surface area (Å²) >= 11 is 0. The van der Waals surface area contributed by atoms with E-state index in [-0.39, 0.29) is 5.41 Å². The van der Waals surface area contributed by atoms with Crippen molar-refractivity contribution in [1.82, 2.24) is 15.0 Å². The summed E-state index contributed by atoms with van der Waals surface area (Å²) < 4.78 is 1.99. The molecular weight excluding hydrogens is 272 g/mol. The lowest BCUT2D eigenvalue weighted by Crippen LogP contribution is -2.21. The van der Waals surface area contributed by atoms with E-state index in [9.17, 15) is 0 Å². The third kappa shape index (κ3) is 2.62. The Hall–Kier alpha value is -2.20. The first-order valence-electron chi connectivity index (χ1n) is 7.60. The summed E-state index contributed by atoms with van der Waals surface area (Å²) in [5.74, 6) is 0. The van der Waals surface area contributed by atoms with Gasteiger partial charge in [0, 0.05) is 12.0 Å². The average Bonchev–Trinajstić information content (AvgIpc) is 2.90. The summed E-state index contributed by atoms with van der Waals surface area (Å²) in [6.45, 7) is 7.64. The van der Waals surface area contributed by atoms with Crippen LogP contribution in [0.5, 0.6) is 0 Å². The monoisotopic (exact) mass is 294 g/mol. The van der Waals surface area contributed by atoms with Crippen LogP contribution in [0, 0.1) is 0 Å². The molecule has 3 aromatic rings. The van der Waals surface area contributed by atoms with Gasteiger partial charge in [0.05, 0.1) is 17.9 Å². The summed E-state index contributed by atoms with van der Waals surface area (Å²) in [5.41, 5.74) is 9.03. The van der Waals surface area contributed by atoms with Crippen LogP contribution >= 0.6 is 0 Å². The largest absolute Gasteiger partial charge is 0.325 e. The van der Waals surface area contributed by atoms with Crippen molar-refractivity contribution in [3.63, 3.8) is 0 Å². The molecule has 114 valence electrons. The van der Waals surface area contributed by atoms with Crippen LogP contribution in [-0.2, 0) is 18.5 Å². The van der Waals surface area contributed by atoms with Gasteiger partial charge in [-0.05, 0) is 16.3 Å². The van der Waals surface area contributed by atoms with Gasteiger partial charge in [0.15, 0.2) is 0 Å². The Bertz CT molecular complexity index is 791. The third-order valence-electron chi connectivity index (χ3n) is 3.91. The first-order valence-corrected chi connectivity index (χ1v) is 7.60. The molecule has 0 spiro atoms. The molecule has 0 amide bonds. The maximum atomic E-state index is 5.83. The maximum Gasteiger partial charge on any atom is 0.1000 e. The van der Waals surface area contributed by atoms with E-state index in [1.54, 1.807) is 0 Å². The second-order valence-corrected chi connectivity index (χ2v) is 6.63. The zero-order valence-electron chi connectivity index (χ0n) is 13.4. The van der Waals surface area contributed by atoms with Crippen molar-refractivity contribution >= 4 is 10.8 Å². The number of nitrogens with two attached hydrogens (primary N) is 1. The van der Waals surface area contributed by atoms with Crippen molar-refractivity contribution in [1.29, 1.82) is 0 Å². The normalized spacial score (nSPS) is 12.0. The van der Waals surface area contributed by atoms with Gasteiger partial charge in [0.2, 0.25) is 0 Å². The Labute approximate surface area is 130 Å². The highest BCUT2D eigenvalue weighted by molar-refractivity contribution is 5.85. The summed E-state index contributed by atoms with van der Waals surface area (Å²) in [7, 11) is 0. The summed E-state index contributed by atoms with van der Waals surface area (Å²) in [4.78, 5) is 0. The molecule has 2 aromatic carbocycles. The van der Waals surface area contributed by atoms with Crippen molar-refractivity contribution in [2.45, 2.75) is 39.3 Å². The number of benzene rings is 2. The van der Waals surface area contributed by atoms with Crippen molar-refractivity contribution < 1.29 is 0 Å². The smallest absolute Gasteiger partial charge is 0.1000 e. The molecule has 0 radical (unpaired) electrons. The highest BCUT2D eigenvalue weighted by Crippen LogP contribution is 2.26. The Kier molecular flexibility index (Phi) is 3.71. The van der Waals surface area contributed by atoms with Crippen LogP contribution in [0.15, 0.2) is 42.5 Å². The number of rotatable bonds is 3. The standard InChI is InChI=1S/C18H22N4/c1-18(2,3)17-16(11-19)20-21-22(17)12-14-9-6-8-13-7-4-5-10-15(13)14/h4-10H,11-12,19H2,1-3H3. The van der Waals surface area contributed by atoms with Gasteiger partial charge in [-0.1, -0.05) is 68.4 Å². The van der Waals surface area contributed by atoms with E-state index in [1.165, 1.54) is 16.3 Å². The van der Waals surface area contributed by atoms with Crippen molar-refractivity contribution in [2.24, 2.45) is 5.73 Å². The van der Waals surface area contributed by atoms with Gasteiger partial charge < -0.3 is 5.73 Å². The molecule has 3 rings (SSSR count). The van der Waals surface area contributed by atoms with E-state index in [4.69, 9.17) is 5.73 Å². The van der Waals surface area contributed by atoms with Crippen LogP contribution in [0.25, 0.3) is 10.8 Å². The molecule has 0 atom stereocenters. The predicted molar refractivity (Wildman–Crippen MR) is 89.7 cm³/mol. The van der Waals surface area contributed by atoms with Crippen molar-refractivity contribution in [3.05, 3.63) is 59.4 Å². The molecular formula is C18H22N4. The van der Waals surface area contributed by atoms with Gasteiger partial charge in [-0.25, -0.2) is 4.68 Å². The predicted octanol–water partition coefficient (Wildman–Crippen LogP) is 3.24. The van der Waals surface area contributed by atoms with Crippen molar-refractivity contribution in [2.75, 3.05) is 0 Å². The minimum absolute atomic E-state index is 0.0389. The van der Waals surface area contributed by atoms with E-state index in [1.807, 2.05) is 4.68 Å². The van der Waals surface area contributed by atoms with E-state index in [0.29, 0.717) is 13.1 Å². The molecule has 1 heterocycles. The molecule has 0 fully saturated rings. The van der Waals surface area contributed by atoms with Gasteiger partial charge in [0.1, 0.15) is 0 Å². The molecule has 0 unspecified atom stereocenters. The highest BCUT2D eigenvalue weighted by Gasteiger charge is 2.24. The lowest BCUT2D eigenvalue weighted by molar-refractivity contribution is 0.499. The zero-order valence-corrected chi connectivity index (χ0v) is 13.4. The first kappa shape index (κ1) is 14.7. The first-order chi connectivity index (χ1) is 10.5. The van der Waals surface area contributed by atoms with Crippen LogP contribution in [0.3, 0.4) is 0 Å². The molecule has 4 heteroatoms. The molecule has 0 aliphatic heterocycles. The molecule has 0 saturated heterocycles. The lowest BCUT2D eigenvalue weighted by atomic mass is 9.90. The number of hydrogen-bond donors (Lipinski definition) is 1. The average molecular weight is 294 g/mol. The Morgan fingerprint density at radius 2 is 1.77 bits per heavy atom. The van der Waals surface area contributed by atoms with Crippen LogP contribution in [0.2, 0.25) is 0 Å². The quantitative estimate of drug-likeness (QED) is 0.807. The third-order valence-corrected chi connectivity index (χ3v) is 3.91. The fourth-order valence-electron chi connectivity index (χ4n) is 3.01. The molecule has 0 bridgehead atoms. The van der Waals surface area contributed by atoms with Crippen molar-refractivity contribution in [3.8, 4) is 0 Å². The second-order valence-electron chi connectivity index (χ2n) is 6.63. The molecule has 0 aliphatic carbocycles. The minimum Gasteiger partial charge on any atom is -0.325 e. The molecule has 0 saturated carbocycles. The Morgan fingerprint density at radius 1 is 1.05 bits per heavy atom. The van der Waals surface area contributed by atoms with E-state index >= 15 is 0 Å². The Balaban J connectivity index is 2.08. The molecule has 1 aromatic heterocycles. The fraction of sp³-hybridized carbons (Fsp3) is 0.333. The highest BCUT2D eigenvalue weighted by atomic mass is 15.4. The number of aromatic nitrogens is 3. The van der Waals surface area contributed by atoms with E-state index in [0.717, 1.165) is 11.4 Å². The fourth-order valence-corrected chi connectivity index (χ4v) is 3.01. The van der Waals surface area contributed by atoms with E-state index in [2.05, 4.69) is 73.5 Å². The van der Waals surface area contributed by atoms with Gasteiger partial charge >= 0.3 is 0 Å². The summed E-state index contributed by atoms with van der Waals surface area (Å²) in [5, 5.41) is 11.1. The van der Waals surface area contributed by atoms with Gasteiger partial charge in [0.25, 0.3) is 0 Å². The van der Waals surface area contributed by atoms with Crippen LogP contribution in [0.1, 0.15) is 37.7 Å². The van der Waals surface area contributed by atoms with Gasteiger partial charge in [-0.2, -0.15) is 0 Å². The summed E-state index contributed by atoms with van der Waals surface area (Å²) in [6, 6.07) is 14.8. The molecule has 4 nitrogen and oxygen atoms in total. The molecule has 22 heavy (non-hydrogen) atoms. The lowest BCUT2D eigenvalue weighted by Gasteiger charge is -2.21. The Morgan fingerprint density at radius 3 is 2.50 bits per heavy atom. The van der Waals surface area contributed by atoms with Crippen LogP contribution < -0.4 is 5.73 Å². The van der Waals surface area contributed by atoms with E-state index < -0.39 is 0 Å². The molecule has 2 N–H and O–H groups in total. The van der Waals surface area contributed by atoms with Crippen LogP contribution in [-0.4, -0.2) is 15.0 Å². The van der Waals surface area contributed by atoms with Crippen LogP contribution in [0.4, 0.5) is 0 Å². The zero-order chi connectivity index (χ0) is 15.7. The second kappa shape index (κ2) is 5.54.